The Labute approximate surface area is 122 Å². The van der Waals surface area contributed by atoms with Crippen LogP contribution in [-0.4, -0.2) is 36.2 Å². The van der Waals surface area contributed by atoms with Gasteiger partial charge in [-0.1, -0.05) is 25.7 Å². The zero-order valence-electron chi connectivity index (χ0n) is 13.4. The van der Waals surface area contributed by atoms with E-state index in [0.717, 1.165) is 6.42 Å². The van der Waals surface area contributed by atoms with Crippen LogP contribution in [0.3, 0.4) is 0 Å². The molecule has 0 fully saturated rings. The molecule has 0 aliphatic heterocycles. The third kappa shape index (κ3) is 6.74. The molecule has 0 unspecified atom stereocenters. The Hall–Kier alpha value is -1.30. The van der Waals surface area contributed by atoms with E-state index in [1.165, 1.54) is 10.7 Å². The highest BCUT2D eigenvalue weighted by Gasteiger charge is 2.18. The molecule has 0 radical (unpaired) electrons. The SMILES string of the molecule is CC(C)(C)OC(=O)n1ccc(OCCC[Si](C)(C)C)n1. The number of carbonyl (C=O) groups is 1. The minimum absolute atomic E-state index is 0.464. The first-order valence-electron chi connectivity index (χ1n) is 6.99. The second-order valence-corrected chi connectivity index (χ2v) is 12.7. The molecule has 0 aromatic carbocycles. The Kier molecular flexibility index (Phi) is 5.39. The standard InChI is InChI=1S/C14H26N2O3Si/c1-14(2,3)19-13(17)16-9-8-12(15-16)18-10-7-11-20(4,5)6/h8-9H,7,10-11H2,1-6H3. The lowest BCUT2D eigenvalue weighted by Gasteiger charge is -2.18. The van der Waals surface area contributed by atoms with Crippen molar-refractivity contribution in [3.63, 3.8) is 0 Å². The van der Waals surface area contributed by atoms with Crippen molar-refractivity contribution in [1.29, 1.82) is 0 Å². The minimum Gasteiger partial charge on any atom is -0.477 e. The average Bonchev–Trinajstić information content (AvgIpc) is 2.69. The van der Waals surface area contributed by atoms with Crippen molar-refractivity contribution >= 4 is 14.2 Å². The van der Waals surface area contributed by atoms with Crippen LogP contribution in [0.1, 0.15) is 27.2 Å². The molecule has 0 aliphatic carbocycles. The number of ether oxygens (including phenoxy) is 2. The Morgan fingerprint density at radius 2 is 2.00 bits per heavy atom. The highest BCUT2D eigenvalue weighted by molar-refractivity contribution is 6.76. The molecule has 1 aromatic heterocycles. The molecular weight excluding hydrogens is 272 g/mol. The third-order valence-corrected chi connectivity index (χ3v) is 4.32. The van der Waals surface area contributed by atoms with Crippen molar-refractivity contribution in [2.75, 3.05) is 6.61 Å². The first kappa shape index (κ1) is 16.8. The molecule has 0 N–H and O–H groups in total. The van der Waals surface area contributed by atoms with Gasteiger partial charge in [-0.15, -0.1) is 5.10 Å². The van der Waals surface area contributed by atoms with Crippen LogP contribution in [0.15, 0.2) is 12.3 Å². The number of hydrogen-bond donors (Lipinski definition) is 0. The number of nitrogens with zero attached hydrogens (tertiary/aromatic N) is 2. The van der Waals surface area contributed by atoms with Crippen LogP contribution in [-0.2, 0) is 4.74 Å². The molecule has 5 nitrogen and oxygen atoms in total. The molecule has 0 spiro atoms. The number of hydrogen-bond acceptors (Lipinski definition) is 4. The molecule has 114 valence electrons. The number of rotatable bonds is 5. The molecule has 0 amide bonds. The molecule has 20 heavy (non-hydrogen) atoms. The van der Waals surface area contributed by atoms with Crippen LogP contribution in [0.4, 0.5) is 4.79 Å². The molecule has 1 rings (SSSR count). The minimum atomic E-state index is -1.01. The van der Waals surface area contributed by atoms with Gasteiger partial charge in [0.2, 0.25) is 5.88 Å². The zero-order valence-corrected chi connectivity index (χ0v) is 14.4. The molecule has 0 saturated carbocycles. The van der Waals surface area contributed by atoms with Gasteiger partial charge >= 0.3 is 6.09 Å². The second-order valence-electron chi connectivity index (χ2n) is 7.09. The van der Waals surface area contributed by atoms with Crippen LogP contribution in [0.5, 0.6) is 5.88 Å². The van der Waals surface area contributed by atoms with Gasteiger partial charge in [-0.2, -0.15) is 4.68 Å². The van der Waals surface area contributed by atoms with E-state index in [-0.39, 0.29) is 0 Å². The summed E-state index contributed by atoms with van der Waals surface area (Å²) in [6.45, 7) is 13.1. The van der Waals surface area contributed by atoms with E-state index in [1.807, 2.05) is 20.8 Å². The van der Waals surface area contributed by atoms with Crippen molar-refractivity contribution in [2.24, 2.45) is 0 Å². The average molecular weight is 298 g/mol. The van der Waals surface area contributed by atoms with E-state index in [9.17, 15) is 4.79 Å². The number of carbonyl (C=O) groups excluding carboxylic acids is 1. The summed E-state index contributed by atoms with van der Waals surface area (Å²) in [5.74, 6) is 0.464. The maximum absolute atomic E-state index is 11.8. The molecule has 1 heterocycles. The Morgan fingerprint density at radius 1 is 1.35 bits per heavy atom. The largest absolute Gasteiger partial charge is 0.477 e. The van der Waals surface area contributed by atoms with Gasteiger partial charge in [0.05, 0.1) is 6.61 Å². The van der Waals surface area contributed by atoms with E-state index < -0.39 is 19.8 Å². The van der Waals surface area contributed by atoms with Crippen LogP contribution >= 0.6 is 0 Å². The summed E-state index contributed by atoms with van der Waals surface area (Å²) in [5.41, 5.74) is -0.526. The maximum Gasteiger partial charge on any atom is 0.435 e. The fraction of sp³-hybridized carbons (Fsp3) is 0.714. The van der Waals surface area contributed by atoms with Crippen molar-refractivity contribution < 1.29 is 14.3 Å². The molecule has 0 atom stereocenters. The smallest absolute Gasteiger partial charge is 0.435 e. The van der Waals surface area contributed by atoms with E-state index in [4.69, 9.17) is 9.47 Å². The normalized spacial score (nSPS) is 12.3. The molecule has 0 aliphatic rings. The fourth-order valence-electron chi connectivity index (χ4n) is 1.57. The van der Waals surface area contributed by atoms with E-state index >= 15 is 0 Å². The Balaban J connectivity index is 2.42. The van der Waals surface area contributed by atoms with Gasteiger partial charge in [0.1, 0.15) is 5.60 Å². The zero-order chi connectivity index (χ0) is 15.4. The van der Waals surface area contributed by atoms with E-state index in [1.54, 1.807) is 12.3 Å². The lowest BCUT2D eigenvalue weighted by atomic mass is 10.2. The van der Waals surface area contributed by atoms with Crippen LogP contribution in [0, 0.1) is 0 Å². The van der Waals surface area contributed by atoms with Gasteiger partial charge in [-0.3, -0.25) is 0 Å². The summed E-state index contributed by atoms with van der Waals surface area (Å²) >= 11 is 0. The molecular formula is C14H26N2O3Si. The van der Waals surface area contributed by atoms with Crippen molar-refractivity contribution in [2.45, 2.75) is 58.5 Å². The van der Waals surface area contributed by atoms with Gasteiger partial charge in [0, 0.05) is 20.3 Å². The summed E-state index contributed by atoms with van der Waals surface area (Å²) in [7, 11) is -1.01. The van der Waals surface area contributed by atoms with Gasteiger partial charge < -0.3 is 9.47 Å². The molecule has 0 saturated heterocycles. The topological polar surface area (TPSA) is 53.4 Å². The monoisotopic (exact) mass is 298 g/mol. The lowest BCUT2D eigenvalue weighted by molar-refractivity contribution is 0.0511. The first-order chi connectivity index (χ1) is 9.07. The van der Waals surface area contributed by atoms with Gasteiger partial charge in [0.15, 0.2) is 0 Å². The lowest BCUT2D eigenvalue weighted by Crippen LogP contribution is -2.27. The molecule has 0 bridgehead atoms. The van der Waals surface area contributed by atoms with Crippen molar-refractivity contribution in [3.8, 4) is 5.88 Å². The highest BCUT2D eigenvalue weighted by atomic mass is 28.3. The summed E-state index contributed by atoms with van der Waals surface area (Å²) in [4.78, 5) is 11.8. The van der Waals surface area contributed by atoms with E-state index in [0.29, 0.717) is 12.5 Å². The quantitative estimate of drug-likeness (QED) is 0.613. The summed E-state index contributed by atoms with van der Waals surface area (Å²) in [6.07, 6.45) is 2.09. The summed E-state index contributed by atoms with van der Waals surface area (Å²) < 4.78 is 11.9. The van der Waals surface area contributed by atoms with Crippen LogP contribution in [0.25, 0.3) is 0 Å². The van der Waals surface area contributed by atoms with Gasteiger partial charge in [0.25, 0.3) is 0 Å². The van der Waals surface area contributed by atoms with Crippen molar-refractivity contribution in [1.82, 2.24) is 9.78 Å². The summed E-state index contributed by atoms with van der Waals surface area (Å²) in [6, 6.07) is 2.90. The second kappa shape index (κ2) is 6.43. The van der Waals surface area contributed by atoms with E-state index in [2.05, 4.69) is 24.7 Å². The first-order valence-corrected chi connectivity index (χ1v) is 10.7. The molecule has 1 aromatic rings. The highest BCUT2D eigenvalue weighted by Crippen LogP contribution is 2.13. The summed E-state index contributed by atoms with van der Waals surface area (Å²) in [5, 5.41) is 4.06. The Bertz CT molecular complexity index is 444. The van der Waals surface area contributed by atoms with Crippen LogP contribution in [0.2, 0.25) is 25.7 Å². The van der Waals surface area contributed by atoms with Gasteiger partial charge in [-0.05, 0) is 27.2 Å². The predicted octanol–water partition coefficient (Wildman–Crippen LogP) is 3.77. The maximum atomic E-state index is 11.8. The van der Waals surface area contributed by atoms with Crippen LogP contribution < -0.4 is 4.74 Å². The number of aromatic nitrogens is 2. The Morgan fingerprint density at radius 3 is 2.55 bits per heavy atom. The van der Waals surface area contributed by atoms with Crippen molar-refractivity contribution in [3.05, 3.63) is 12.3 Å². The molecule has 6 heteroatoms. The van der Waals surface area contributed by atoms with Gasteiger partial charge in [-0.25, -0.2) is 4.79 Å². The third-order valence-electron chi connectivity index (χ3n) is 2.47. The fourth-order valence-corrected chi connectivity index (χ4v) is 2.78. The predicted molar refractivity (Wildman–Crippen MR) is 82.1 cm³/mol.